The van der Waals surface area contributed by atoms with E-state index in [4.69, 9.17) is 5.11 Å². The Morgan fingerprint density at radius 1 is 1.25 bits per heavy atom. The van der Waals surface area contributed by atoms with Crippen LogP contribution in [0.15, 0.2) is 24.3 Å². The third-order valence-corrected chi connectivity index (χ3v) is 2.21. The molecule has 0 unspecified atom stereocenters. The minimum absolute atomic E-state index is 0.217. The van der Waals surface area contributed by atoms with E-state index >= 15 is 0 Å². The molecule has 1 aromatic carbocycles. The van der Waals surface area contributed by atoms with Crippen LogP contribution in [0.4, 0.5) is 0 Å². The van der Waals surface area contributed by atoms with E-state index < -0.39 is 11.7 Å². The lowest BCUT2D eigenvalue weighted by atomic mass is 10.1. The van der Waals surface area contributed by atoms with Crippen LogP contribution in [0.2, 0.25) is 0 Å². The normalized spacial score (nSPS) is 9.81. The molecule has 86 valence electrons. The van der Waals surface area contributed by atoms with Crippen molar-refractivity contribution in [3.63, 3.8) is 0 Å². The number of Topliss-reactive ketones (excluding diaryl/α,β-unsaturated/α-hetero) is 1. The van der Waals surface area contributed by atoms with Crippen LogP contribution < -0.4 is 5.32 Å². The first-order valence-electron chi connectivity index (χ1n) is 5.22. The van der Waals surface area contributed by atoms with Gasteiger partial charge in [-0.2, -0.15) is 0 Å². The Hall–Kier alpha value is -1.84. The van der Waals surface area contributed by atoms with Gasteiger partial charge in [0.1, 0.15) is 5.75 Å². The Kier molecular flexibility index (Phi) is 4.51. The number of nitrogens with one attached hydrogen (secondary N) is 1. The Bertz CT molecular complexity index is 370. The van der Waals surface area contributed by atoms with Crippen molar-refractivity contribution < 1.29 is 14.7 Å². The number of aromatic hydroxyl groups is 1. The Morgan fingerprint density at radius 3 is 2.44 bits per heavy atom. The fraction of sp³-hybridized carbons (Fsp3) is 0.333. The molecule has 0 aliphatic heterocycles. The molecule has 0 atom stereocenters. The Balaban J connectivity index is 2.33. The number of phenolic OH excluding ortho intramolecular Hbond substituents is 1. The second kappa shape index (κ2) is 5.90. The molecule has 0 bridgehead atoms. The molecular formula is C12H15NO3. The van der Waals surface area contributed by atoms with Crippen molar-refractivity contribution >= 4 is 11.7 Å². The molecule has 0 aromatic heterocycles. The van der Waals surface area contributed by atoms with Gasteiger partial charge in [-0.1, -0.05) is 19.1 Å². The lowest BCUT2D eigenvalue weighted by Gasteiger charge is -2.03. The Morgan fingerprint density at radius 2 is 1.88 bits per heavy atom. The second-order valence-electron chi connectivity index (χ2n) is 3.45. The molecule has 1 amide bonds. The van der Waals surface area contributed by atoms with Crippen molar-refractivity contribution in [1.29, 1.82) is 0 Å². The molecule has 0 heterocycles. The number of hydrogen-bond donors (Lipinski definition) is 2. The molecular weight excluding hydrogens is 206 g/mol. The standard InChI is InChI=1S/C12H15NO3/c1-2-11(15)12(16)13-8-7-9-3-5-10(14)6-4-9/h3-6,14H,2,7-8H2,1H3,(H,13,16). The van der Waals surface area contributed by atoms with Gasteiger partial charge < -0.3 is 10.4 Å². The first-order chi connectivity index (χ1) is 7.63. The summed E-state index contributed by atoms with van der Waals surface area (Å²) in [5, 5.41) is 11.6. The van der Waals surface area contributed by atoms with Crippen LogP contribution in [0, 0.1) is 0 Å². The van der Waals surface area contributed by atoms with Gasteiger partial charge in [0.2, 0.25) is 5.78 Å². The highest BCUT2D eigenvalue weighted by Gasteiger charge is 2.09. The van der Waals surface area contributed by atoms with Crippen molar-refractivity contribution in [2.75, 3.05) is 6.54 Å². The molecule has 16 heavy (non-hydrogen) atoms. The topological polar surface area (TPSA) is 66.4 Å². The first-order valence-corrected chi connectivity index (χ1v) is 5.22. The van der Waals surface area contributed by atoms with Crippen molar-refractivity contribution in [2.45, 2.75) is 19.8 Å². The van der Waals surface area contributed by atoms with Gasteiger partial charge in [-0.05, 0) is 24.1 Å². The lowest BCUT2D eigenvalue weighted by Crippen LogP contribution is -2.32. The van der Waals surface area contributed by atoms with Crippen LogP contribution in [0.1, 0.15) is 18.9 Å². The third kappa shape index (κ3) is 3.73. The Labute approximate surface area is 94.3 Å². The summed E-state index contributed by atoms with van der Waals surface area (Å²) in [4.78, 5) is 22.1. The van der Waals surface area contributed by atoms with Crippen LogP contribution >= 0.6 is 0 Å². The summed E-state index contributed by atoms with van der Waals surface area (Å²) in [7, 11) is 0. The highest BCUT2D eigenvalue weighted by atomic mass is 16.3. The van der Waals surface area contributed by atoms with Crippen molar-refractivity contribution in [1.82, 2.24) is 5.32 Å². The first kappa shape index (κ1) is 12.2. The minimum Gasteiger partial charge on any atom is -0.508 e. The van der Waals surface area contributed by atoms with Crippen LogP contribution in [0.25, 0.3) is 0 Å². The fourth-order valence-electron chi connectivity index (χ4n) is 1.24. The lowest BCUT2D eigenvalue weighted by molar-refractivity contribution is -0.137. The molecule has 0 radical (unpaired) electrons. The van der Waals surface area contributed by atoms with Crippen LogP contribution in [-0.2, 0) is 16.0 Å². The van der Waals surface area contributed by atoms with Gasteiger partial charge in [0.05, 0.1) is 0 Å². The molecule has 0 aliphatic carbocycles. The predicted molar refractivity (Wildman–Crippen MR) is 60.1 cm³/mol. The number of amides is 1. The molecule has 0 saturated heterocycles. The van der Waals surface area contributed by atoms with E-state index in [-0.39, 0.29) is 12.2 Å². The number of ketones is 1. The maximum atomic E-state index is 11.1. The average molecular weight is 221 g/mol. The van der Waals surface area contributed by atoms with E-state index in [2.05, 4.69) is 5.32 Å². The van der Waals surface area contributed by atoms with Crippen molar-refractivity contribution in [3.05, 3.63) is 29.8 Å². The molecule has 4 nitrogen and oxygen atoms in total. The summed E-state index contributed by atoms with van der Waals surface area (Å²) in [5.41, 5.74) is 1.00. The zero-order valence-corrected chi connectivity index (χ0v) is 9.19. The van der Waals surface area contributed by atoms with E-state index in [1.807, 2.05) is 0 Å². The summed E-state index contributed by atoms with van der Waals surface area (Å²) in [6.45, 7) is 2.08. The smallest absolute Gasteiger partial charge is 0.287 e. The number of carbonyl (C=O) groups is 2. The van der Waals surface area contributed by atoms with Gasteiger partial charge in [0, 0.05) is 13.0 Å². The predicted octanol–water partition coefficient (Wildman–Crippen LogP) is 1.03. The van der Waals surface area contributed by atoms with Crippen molar-refractivity contribution in [2.24, 2.45) is 0 Å². The second-order valence-corrected chi connectivity index (χ2v) is 3.45. The van der Waals surface area contributed by atoms with Gasteiger partial charge in [-0.3, -0.25) is 9.59 Å². The monoisotopic (exact) mass is 221 g/mol. The van der Waals surface area contributed by atoms with Gasteiger partial charge in [0.25, 0.3) is 5.91 Å². The summed E-state index contributed by atoms with van der Waals surface area (Å²) in [5.74, 6) is -0.707. The number of carbonyl (C=O) groups excluding carboxylic acids is 2. The zero-order chi connectivity index (χ0) is 12.0. The SMILES string of the molecule is CCC(=O)C(=O)NCCc1ccc(O)cc1. The van der Waals surface area contributed by atoms with E-state index in [0.29, 0.717) is 13.0 Å². The van der Waals surface area contributed by atoms with E-state index in [1.54, 1.807) is 31.2 Å². The number of rotatable bonds is 5. The van der Waals surface area contributed by atoms with Gasteiger partial charge >= 0.3 is 0 Å². The highest BCUT2D eigenvalue weighted by molar-refractivity contribution is 6.36. The number of benzene rings is 1. The molecule has 4 heteroatoms. The van der Waals surface area contributed by atoms with E-state index in [9.17, 15) is 9.59 Å². The van der Waals surface area contributed by atoms with E-state index in [1.165, 1.54) is 0 Å². The largest absolute Gasteiger partial charge is 0.508 e. The quantitative estimate of drug-likeness (QED) is 0.730. The molecule has 0 spiro atoms. The van der Waals surface area contributed by atoms with Gasteiger partial charge in [-0.25, -0.2) is 0 Å². The van der Waals surface area contributed by atoms with E-state index in [0.717, 1.165) is 5.56 Å². The van der Waals surface area contributed by atoms with Gasteiger partial charge in [0.15, 0.2) is 0 Å². The fourth-order valence-corrected chi connectivity index (χ4v) is 1.24. The molecule has 0 fully saturated rings. The molecule has 1 aromatic rings. The average Bonchev–Trinajstić information content (AvgIpc) is 2.30. The minimum atomic E-state index is -0.527. The summed E-state index contributed by atoms with van der Waals surface area (Å²) in [6.07, 6.45) is 0.869. The molecule has 1 rings (SSSR count). The maximum Gasteiger partial charge on any atom is 0.287 e. The maximum absolute atomic E-state index is 11.1. The molecule has 2 N–H and O–H groups in total. The van der Waals surface area contributed by atoms with Crippen LogP contribution in [-0.4, -0.2) is 23.3 Å². The zero-order valence-electron chi connectivity index (χ0n) is 9.19. The number of hydrogen-bond acceptors (Lipinski definition) is 3. The van der Waals surface area contributed by atoms with Crippen molar-refractivity contribution in [3.8, 4) is 5.75 Å². The summed E-state index contributed by atoms with van der Waals surface area (Å²) in [6, 6.07) is 6.75. The van der Waals surface area contributed by atoms with Crippen LogP contribution in [0.3, 0.4) is 0 Å². The highest BCUT2D eigenvalue weighted by Crippen LogP contribution is 2.09. The number of phenols is 1. The van der Waals surface area contributed by atoms with Crippen LogP contribution in [0.5, 0.6) is 5.75 Å². The summed E-state index contributed by atoms with van der Waals surface area (Å²) < 4.78 is 0. The molecule has 0 aliphatic rings. The third-order valence-electron chi connectivity index (χ3n) is 2.21. The molecule has 0 saturated carbocycles. The summed E-state index contributed by atoms with van der Waals surface area (Å²) >= 11 is 0. The van der Waals surface area contributed by atoms with Gasteiger partial charge in [-0.15, -0.1) is 0 Å².